The van der Waals surface area contributed by atoms with Gasteiger partial charge in [-0.3, -0.25) is 0 Å². The fourth-order valence-electron chi connectivity index (χ4n) is 1.11. The van der Waals surface area contributed by atoms with E-state index in [0.717, 1.165) is 6.07 Å². The predicted octanol–water partition coefficient (Wildman–Crippen LogP) is 3.62. The van der Waals surface area contributed by atoms with Crippen molar-refractivity contribution in [1.82, 2.24) is 0 Å². The van der Waals surface area contributed by atoms with E-state index in [1.807, 2.05) is 0 Å². The fourth-order valence-corrected chi connectivity index (χ4v) is 1.24. The Labute approximate surface area is 92.3 Å². The van der Waals surface area contributed by atoms with Crippen LogP contribution in [0.3, 0.4) is 0 Å². The normalized spacial score (nSPS) is 10.9. The van der Waals surface area contributed by atoms with E-state index < -0.39 is 11.6 Å². The number of alkyl halides is 1. The van der Waals surface area contributed by atoms with E-state index in [0.29, 0.717) is 17.9 Å². The van der Waals surface area contributed by atoms with E-state index in [-0.39, 0.29) is 5.75 Å². The SMILES string of the molecule is COc1cc(C=CCCCl)cc(F)c1F. The molecule has 0 aliphatic carbocycles. The standard InChI is InChI=1S/C11H11ClF2O/c1-15-10-7-8(4-2-3-5-12)6-9(13)11(10)14/h2,4,6-7H,3,5H2,1H3. The van der Waals surface area contributed by atoms with Gasteiger partial charge in [-0.25, -0.2) is 4.39 Å². The highest BCUT2D eigenvalue weighted by molar-refractivity contribution is 6.17. The Morgan fingerprint density at radius 2 is 2.13 bits per heavy atom. The first-order valence-electron chi connectivity index (χ1n) is 4.44. The number of rotatable bonds is 4. The zero-order valence-corrected chi connectivity index (χ0v) is 9.02. The summed E-state index contributed by atoms with van der Waals surface area (Å²) in [4.78, 5) is 0. The Morgan fingerprint density at radius 1 is 1.40 bits per heavy atom. The Hall–Kier alpha value is -1.09. The predicted molar refractivity (Wildman–Crippen MR) is 57.3 cm³/mol. The molecule has 1 rings (SSSR count). The summed E-state index contributed by atoms with van der Waals surface area (Å²) in [6, 6.07) is 2.55. The van der Waals surface area contributed by atoms with Crippen molar-refractivity contribution in [2.45, 2.75) is 6.42 Å². The van der Waals surface area contributed by atoms with Gasteiger partial charge in [0.2, 0.25) is 5.82 Å². The van der Waals surface area contributed by atoms with Crippen LogP contribution in [0.1, 0.15) is 12.0 Å². The minimum atomic E-state index is -0.966. The third kappa shape index (κ3) is 3.20. The molecule has 1 nitrogen and oxygen atoms in total. The molecule has 0 atom stereocenters. The molecule has 0 aromatic heterocycles. The van der Waals surface area contributed by atoms with Gasteiger partial charge in [-0.15, -0.1) is 11.6 Å². The van der Waals surface area contributed by atoms with E-state index in [2.05, 4.69) is 0 Å². The molecule has 0 unspecified atom stereocenters. The molecule has 1 aromatic carbocycles. The molecule has 0 bridgehead atoms. The van der Waals surface area contributed by atoms with Crippen LogP contribution in [0.4, 0.5) is 8.78 Å². The van der Waals surface area contributed by atoms with Crippen LogP contribution in [-0.2, 0) is 0 Å². The highest BCUT2D eigenvalue weighted by atomic mass is 35.5. The maximum absolute atomic E-state index is 13.0. The van der Waals surface area contributed by atoms with Crippen LogP contribution in [0.2, 0.25) is 0 Å². The third-order valence-electron chi connectivity index (χ3n) is 1.82. The third-order valence-corrected chi connectivity index (χ3v) is 2.04. The fraction of sp³-hybridized carbons (Fsp3) is 0.273. The minimum Gasteiger partial charge on any atom is -0.494 e. The Morgan fingerprint density at radius 3 is 2.73 bits per heavy atom. The average molecular weight is 233 g/mol. The molecule has 0 aliphatic heterocycles. The van der Waals surface area contributed by atoms with Crippen molar-refractivity contribution in [3.63, 3.8) is 0 Å². The van der Waals surface area contributed by atoms with Crippen molar-refractivity contribution >= 4 is 17.7 Å². The highest BCUT2D eigenvalue weighted by Gasteiger charge is 2.09. The topological polar surface area (TPSA) is 9.23 Å². The molecule has 0 spiro atoms. The quantitative estimate of drug-likeness (QED) is 0.721. The van der Waals surface area contributed by atoms with E-state index in [4.69, 9.17) is 16.3 Å². The van der Waals surface area contributed by atoms with Crippen molar-refractivity contribution in [1.29, 1.82) is 0 Å². The molecule has 15 heavy (non-hydrogen) atoms. The molecule has 4 heteroatoms. The molecule has 0 radical (unpaired) electrons. The van der Waals surface area contributed by atoms with Crippen molar-refractivity contribution in [3.8, 4) is 5.75 Å². The van der Waals surface area contributed by atoms with Gasteiger partial charge in [-0.05, 0) is 24.1 Å². The second-order valence-corrected chi connectivity index (χ2v) is 3.28. The van der Waals surface area contributed by atoms with E-state index in [1.165, 1.54) is 13.2 Å². The number of benzene rings is 1. The summed E-state index contributed by atoms with van der Waals surface area (Å²) in [5.74, 6) is -1.48. The molecule has 0 aliphatic rings. The lowest BCUT2D eigenvalue weighted by atomic mass is 10.2. The first kappa shape index (κ1) is 12.0. The first-order valence-corrected chi connectivity index (χ1v) is 4.98. The second kappa shape index (κ2) is 5.71. The van der Waals surface area contributed by atoms with Crippen LogP contribution in [0.5, 0.6) is 5.75 Å². The van der Waals surface area contributed by atoms with Crippen LogP contribution in [0.15, 0.2) is 18.2 Å². The lowest BCUT2D eigenvalue weighted by Crippen LogP contribution is -1.93. The summed E-state index contributed by atoms with van der Waals surface area (Å²) in [5, 5.41) is 0. The molecule has 0 fully saturated rings. The van der Waals surface area contributed by atoms with Crippen molar-refractivity contribution < 1.29 is 13.5 Å². The number of halogens is 3. The van der Waals surface area contributed by atoms with Gasteiger partial charge in [0.1, 0.15) is 0 Å². The van der Waals surface area contributed by atoms with E-state index >= 15 is 0 Å². The lowest BCUT2D eigenvalue weighted by molar-refractivity contribution is 0.371. The zero-order valence-electron chi connectivity index (χ0n) is 8.27. The summed E-state index contributed by atoms with van der Waals surface area (Å²) in [7, 11) is 1.30. The van der Waals surface area contributed by atoms with Gasteiger partial charge < -0.3 is 4.74 Å². The zero-order chi connectivity index (χ0) is 11.3. The minimum absolute atomic E-state index is 0.0967. The first-order chi connectivity index (χ1) is 7.19. The number of hydrogen-bond acceptors (Lipinski definition) is 1. The van der Waals surface area contributed by atoms with Gasteiger partial charge in [0, 0.05) is 5.88 Å². The lowest BCUT2D eigenvalue weighted by Gasteiger charge is -2.03. The largest absolute Gasteiger partial charge is 0.494 e. The van der Waals surface area contributed by atoms with Crippen LogP contribution < -0.4 is 4.74 Å². The Kier molecular flexibility index (Phi) is 4.56. The van der Waals surface area contributed by atoms with Gasteiger partial charge in [0.05, 0.1) is 7.11 Å². The molecule has 82 valence electrons. The van der Waals surface area contributed by atoms with Crippen molar-refractivity contribution in [2.75, 3.05) is 13.0 Å². The summed E-state index contributed by atoms with van der Waals surface area (Å²) in [5.41, 5.74) is 0.552. The Balaban J connectivity index is 2.95. The highest BCUT2D eigenvalue weighted by Crippen LogP contribution is 2.22. The van der Waals surface area contributed by atoms with Crippen molar-refractivity contribution in [2.24, 2.45) is 0 Å². The summed E-state index contributed by atoms with van der Waals surface area (Å²) in [6.07, 6.45) is 4.15. The number of allylic oxidation sites excluding steroid dienone is 1. The van der Waals surface area contributed by atoms with Crippen LogP contribution in [-0.4, -0.2) is 13.0 Å². The maximum atomic E-state index is 13.0. The molecule has 0 heterocycles. The van der Waals surface area contributed by atoms with Crippen LogP contribution >= 0.6 is 11.6 Å². The van der Waals surface area contributed by atoms with Gasteiger partial charge in [-0.2, -0.15) is 4.39 Å². The molecule has 0 saturated carbocycles. The molecule has 0 N–H and O–H groups in total. The molecular weight excluding hydrogens is 222 g/mol. The number of ether oxygens (including phenoxy) is 1. The van der Waals surface area contributed by atoms with Gasteiger partial charge in [0.15, 0.2) is 11.6 Å². The Bertz CT molecular complexity index is 364. The molecular formula is C11H11ClF2O. The van der Waals surface area contributed by atoms with E-state index in [1.54, 1.807) is 12.2 Å². The number of hydrogen-bond donors (Lipinski definition) is 0. The maximum Gasteiger partial charge on any atom is 0.200 e. The molecule has 1 aromatic rings. The van der Waals surface area contributed by atoms with Crippen LogP contribution in [0.25, 0.3) is 6.08 Å². The van der Waals surface area contributed by atoms with Gasteiger partial charge in [0.25, 0.3) is 0 Å². The average Bonchev–Trinajstić information content (AvgIpc) is 2.23. The van der Waals surface area contributed by atoms with Gasteiger partial charge >= 0.3 is 0 Å². The second-order valence-electron chi connectivity index (χ2n) is 2.90. The smallest absolute Gasteiger partial charge is 0.200 e. The van der Waals surface area contributed by atoms with Gasteiger partial charge in [-0.1, -0.05) is 12.2 Å². The van der Waals surface area contributed by atoms with Crippen molar-refractivity contribution in [3.05, 3.63) is 35.4 Å². The monoisotopic (exact) mass is 232 g/mol. The molecule has 0 saturated heterocycles. The molecule has 0 amide bonds. The summed E-state index contributed by atoms with van der Waals surface area (Å²) < 4.78 is 30.7. The van der Waals surface area contributed by atoms with Crippen LogP contribution in [0, 0.1) is 11.6 Å². The number of methoxy groups -OCH3 is 1. The summed E-state index contributed by atoms with van der Waals surface area (Å²) in [6.45, 7) is 0. The van der Waals surface area contributed by atoms with E-state index in [9.17, 15) is 8.78 Å². The summed E-state index contributed by atoms with van der Waals surface area (Å²) >= 11 is 5.47.